The van der Waals surface area contributed by atoms with Gasteiger partial charge in [-0.15, -0.1) is 0 Å². The van der Waals surface area contributed by atoms with E-state index in [1.165, 1.54) is 0 Å². The number of benzene rings is 1. The molecule has 0 N–H and O–H groups in total. The Morgan fingerprint density at radius 1 is 1.06 bits per heavy atom. The van der Waals surface area contributed by atoms with Gasteiger partial charge in [0.15, 0.2) is 5.58 Å². The zero-order valence-electron chi connectivity index (χ0n) is 18.8. The Kier molecular flexibility index (Phi) is 6.78. The van der Waals surface area contributed by atoms with Crippen LogP contribution in [0.1, 0.15) is 45.4 Å². The van der Waals surface area contributed by atoms with Crippen molar-refractivity contribution in [3.63, 3.8) is 0 Å². The summed E-state index contributed by atoms with van der Waals surface area (Å²) >= 11 is 0. The number of anilines is 1. The standard InChI is InChI=1S/C24H34N4O3/c1-3-4-13-26(2)22(29)18-9-14-27(15-10-18)23(30)19-11-16-28(17-12-19)24-25-20-7-5-6-8-21(20)31-24/h5-8,18-19H,3-4,9-17H2,1-2H3. The molecule has 1 aromatic carbocycles. The molecule has 0 aliphatic carbocycles. The van der Waals surface area contributed by atoms with Crippen LogP contribution in [0.5, 0.6) is 0 Å². The number of carbonyl (C=O) groups is 2. The second-order valence-electron chi connectivity index (χ2n) is 8.94. The molecule has 7 nitrogen and oxygen atoms in total. The summed E-state index contributed by atoms with van der Waals surface area (Å²) in [5.41, 5.74) is 1.67. The lowest BCUT2D eigenvalue weighted by atomic mass is 9.91. The van der Waals surface area contributed by atoms with Gasteiger partial charge >= 0.3 is 0 Å². The Morgan fingerprint density at radius 2 is 1.74 bits per heavy atom. The number of unbranched alkanes of at least 4 members (excludes halogenated alkanes) is 1. The molecule has 2 fully saturated rings. The fourth-order valence-electron chi connectivity index (χ4n) is 4.74. The van der Waals surface area contributed by atoms with Gasteiger partial charge in [-0.25, -0.2) is 0 Å². The minimum atomic E-state index is 0.0557. The molecule has 0 unspecified atom stereocenters. The van der Waals surface area contributed by atoms with Crippen LogP contribution >= 0.6 is 0 Å². The van der Waals surface area contributed by atoms with Crippen molar-refractivity contribution in [2.75, 3.05) is 44.7 Å². The lowest BCUT2D eigenvalue weighted by molar-refractivity contribution is -0.142. The van der Waals surface area contributed by atoms with Crippen LogP contribution in [-0.2, 0) is 9.59 Å². The maximum absolute atomic E-state index is 13.1. The molecule has 7 heteroatoms. The summed E-state index contributed by atoms with van der Waals surface area (Å²) in [6, 6.07) is 8.44. The van der Waals surface area contributed by atoms with Crippen molar-refractivity contribution in [1.29, 1.82) is 0 Å². The lowest BCUT2D eigenvalue weighted by Crippen LogP contribution is -2.47. The fraction of sp³-hybridized carbons (Fsp3) is 0.625. The number of oxazole rings is 1. The molecule has 2 aliphatic heterocycles. The van der Waals surface area contributed by atoms with Crippen LogP contribution in [0.3, 0.4) is 0 Å². The third-order valence-corrected chi connectivity index (χ3v) is 6.78. The van der Waals surface area contributed by atoms with Crippen LogP contribution in [0, 0.1) is 11.8 Å². The fourth-order valence-corrected chi connectivity index (χ4v) is 4.74. The summed E-state index contributed by atoms with van der Waals surface area (Å²) in [6.07, 6.45) is 5.33. The first kappa shape index (κ1) is 21.7. The smallest absolute Gasteiger partial charge is 0.298 e. The zero-order valence-corrected chi connectivity index (χ0v) is 18.8. The highest BCUT2D eigenvalue weighted by molar-refractivity contribution is 5.81. The molecule has 4 rings (SSSR count). The van der Waals surface area contributed by atoms with Crippen molar-refractivity contribution in [1.82, 2.24) is 14.8 Å². The number of aromatic nitrogens is 1. The van der Waals surface area contributed by atoms with Crippen LogP contribution in [0.15, 0.2) is 28.7 Å². The van der Waals surface area contributed by atoms with E-state index in [9.17, 15) is 9.59 Å². The van der Waals surface area contributed by atoms with Gasteiger partial charge in [-0.3, -0.25) is 9.59 Å². The van der Waals surface area contributed by atoms with Crippen LogP contribution in [0.2, 0.25) is 0 Å². The summed E-state index contributed by atoms with van der Waals surface area (Å²) in [5, 5.41) is 0. The molecule has 3 heterocycles. The Balaban J connectivity index is 1.25. The van der Waals surface area contributed by atoms with Crippen molar-refractivity contribution in [3.8, 4) is 0 Å². The number of hydrogen-bond acceptors (Lipinski definition) is 5. The van der Waals surface area contributed by atoms with Crippen molar-refractivity contribution in [2.45, 2.75) is 45.4 Å². The third kappa shape index (κ3) is 4.86. The van der Waals surface area contributed by atoms with Gasteiger partial charge in [0.25, 0.3) is 6.01 Å². The molecule has 0 atom stereocenters. The van der Waals surface area contributed by atoms with Crippen molar-refractivity contribution < 1.29 is 14.0 Å². The molecule has 2 amide bonds. The molecule has 0 spiro atoms. The minimum absolute atomic E-state index is 0.0557. The number of carbonyl (C=O) groups excluding carboxylic acids is 2. The predicted octanol–water partition coefficient (Wildman–Crippen LogP) is 3.54. The van der Waals surface area contributed by atoms with E-state index >= 15 is 0 Å². The van der Waals surface area contributed by atoms with Gasteiger partial charge in [0.1, 0.15) is 5.52 Å². The number of rotatable bonds is 6. The normalized spacial score (nSPS) is 18.5. The van der Waals surface area contributed by atoms with E-state index in [-0.39, 0.29) is 23.7 Å². The second kappa shape index (κ2) is 9.71. The first-order valence-electron chi connectivity index (χ1n) is 11.7. The third-order valence-electron chi connectivity index (χ3n) is 6.78. The molecular formula is C24H34N4O3. The van der Waals surface area contributed by atoms with Gasteiger partial charge in [0.2, 0.25) is 11.8 Å². The Morgan fingerprint density at radius 3 is 2.42 bits per heavy atom. The van der Waals surface area contributed by atoms with Crippen molar-refractivity contribution >= 4 is 28.9 Å². The van der Waals surface area contributed by atoms with Crippen LogP contribution < -0.4 is 4.90 Å². The molecule has 1 aromatic heterocycles. The summed E-state index contributed by atoms with van der Waals surface area (Å²) in [5.74, 6) is 0.613. The summed E-state index contributed by atoms with van der Waals surface area (Å²) in [4.78, 5) is 36.3. The van der Waals surface area contributed by atoms with E-state index in [0.717, 1.165) is 69.3 Å². The van der Waals surface area contributed by atoms with Gasteiger partial charge in [-0.05, 0) is 44.2 Å². The Hall–Kier alpha value is -2.57. The second-order valence-corrected chi connectivity index (χ2v) is 8.94. The number of fused-ring (bicyclic) bond motifs is 1. The number of hydrogen-bond donors (Lipinski definition) is 0. The van der Waals surface area contributed by atoms with E-state index in [4.69, 9.17) is 4.42 Å². The quantitative estimate of drug-likeness (QED) is 0.707. The predicted molar refractivity (Wildman–Crippen MR) is 121 cm³/mol. The molecule has 168 valence electrons. The van der Waals surface area contributed by atoms with Crippen molar-refractivity contribution in [3.05, 3.63) is 24.3 Å². The Bertz CT molecular complexity index is 862. The average molecular weight is 427 g/mol. The zero-order chi connectivity index (χ0) is 21.8. The van der Waals surface area contributed by atoms with Crippen LogP contribution in [-0.4, -0.2) is 66.4 Å². The molecular weight excluding hydrogens is 392 g/mol. The number of nitrogens with zero attached hydrogens (tertiary/aromatic N) is 4. The van der Waals surface area contributed by atoms with Crippen LogP contribution in [0.25, 0.3) is 11.1 Å². The highest BCUT2D eigenvalue weighted by Crippen LogP contribution is 2.28. The Labute approximate surface area is 184 Å². The number of para-hydroxylation sites is 2. The highest BCUT2D eigenvalue weighted by Gasteiger charge is 2.34. The van der Waals surface area contributed by atoms with Gasteiger partial charge in [0, 0.05) is 51.6 Å². The van der Waals surface area contributed by atoms with Gasteiger partial charge in [-0.1, -0.05) is 25.5 Å². The SMILES string of the molecule is CCCCN(C)C(=O)C1CCN(C(=O)C2CCN(c3nc4ccccc4o3)CC2)CC1. The number of likely N-dealkylation sites (tertiary alicyclic amines) is 1. The summed E-state index contributed by atoms with van der Waals surface area (Å²) in [7, 11) is 1.90. The number of piperidine rings is 2. The lowest BCUT2D eigenvalue weighted by Gasteiger charge is -2.37. The van der Waals surface area contributed by atoms with Crippen molar-refractivity contribution in [2.24, 2.45) is 11.8 Å². The first-order chi connectivity index (χ1) is 15.1. The highest BCUT2D eigenvalue weighted by atomic mass is 16.4. The van der Waals surface area contributed by atoms with Gasteiger partial charge < -0.3 is 19.1 Å². The molecule has 0 saturated carbocycles. The monoisotopic (exact) mass is 426 g/mol. The molecule has 2 aromatic rings. The van der Waals surface area contributed by atoms with E-state index in [1.54, 1.807) is 0 Å². The van der Waals surface area contributed by atoms with E-state index in [1.807, 2.05) is 41.1 Å². The average Bonchev–Trinajstić information content (AvgIpc) is 3.26. The first-order valence-corrected chi connectivity index (χ1v) is 11.7. The van der Waals surface area contributed by atoms with Gasteiger partial charge in [-0.2, -0.15) is 4.98 Å². The van der Waals surface area contributed by atoms with E-state index < -0.39 is 0 Å². The summed E-state index contributed by atoms with van der Waals surface area (Å²) in [6.45, 7) is 5.92. The van der Waals surface area contributed by atoms with Gasteiger partial charge in [0.05, 0.1) is 0 Å². The minimum Gasteiger partial charge on any atom is -0.423 e. The summed E-state index contributed by atoms with van der Waals surface area (Å²) < 4.78 is 5.88. The molecule has 0 bridgehead atoms. The maximum atomic E-state index is 13.1. The maximum Gasteiger partial charge on any atom is 0.298 e. The van der Waals surface area contributed by atoms with E-state index in [0.29, 0.717) is 19.1 Å². The molecule has 2 aliphatic rings. The molecule has 2 saturated heterocycles. The topological polar surface area (TPSA) is 69.9 Å². The largest absolute Gasteiger partial charge is 0.423 e. The van der Waals surface area contributed by atoms with Crippen LogP contribution in [0.4, 0.5) is 6.01 Å². The molecule has 31 heavy (non-hydrogen) atoms. The number of amides is 2. The van der Waals surface area contributed by atoms with E-state index in [2.05, 4.69) is 16.8 Å². The molecule has 0 radical (unpaired) electrons.